The summed E-state index contributed by atoms with van der Waals surface area (Å²) < 4.78 is 18.7. The number of cyclic esters (lactones) is 1. The summed E-state index contributed by atoms with van der Waals surface area (Å²) in [6, 6.07) is 0. The van der Waals surface area contributed by atoms with Crippen LogP contribution < -0.4 is 0 Å². The molecular formula is C30H42O7. The second-order valence-corrected chi connectivity index (χ2v) is 14.7. The van der Waals surface area contributed by atoms with Crippen LogP contribution in [-0.4, -0.2) is 40.6 Å². The molecular weight excluding hydrogens is 472 g/mol. The molecule has 0 aromatic heterocycles. The first-order chi connectivity index (χ1) is 17.3. The zero-order valence-electron chi connectivity index (χ0n) is 23.1. The van der Waals surface area contributed by atoms with Crippen molar-refractivity contribution in [2.45, 2.75) is 122 Å². The average Bonchev–Trinajstić information content (AvgIpc) is 3.28. The molecule has 0 N–H and O–H groups in total. The van der Waals surface area contributed by atoms with Gasteiger partial charge in [-0.2, -0.15) is 0 Å². The second kappa shape index (κ2) is 7.19. The molecule has 0 aromatic rings. The first-order valence-electron chi connectivity index (χ1n) is 14.5. The Morgan fingerprint density at radius 1 is 0.865 bits per heavy atom. The smallest absolute Gasteiger partial charge is 0.331 e. The summed E-state index contributed by atoms with van der Waals surface area (Å²) in [6.45, 7) is 13.3. The number of hydrogen-bond acceptors (Lipinski definition) is 7. The standard InChI is InChI=1S/C30H42O7/c1-17-13-30(14-18(2)24(32)35-30)33-19-15-27(6)21-8-7-20-25(3,4)34-22(31)9-10-28(20)16-29(21,37-36-28)12-11-26(27,5)23(17)19/h9-10,17-21,23H,7-8,11-16H2,1-6H3/t17-,18-,19-,20+,21+,23+,26-,27+,28+,29-,30-/m1/s1. The monoisotopic (exact) mass is 514 g/mol. The van der Waals surface area contributed by atoms with Crippen LogP contribution in [0.4, 0.5) is 0 Å². The SMILES string of the molecule is C[C@@H]1C[C@@]2(C[C@@H](C)[C@H]3[C@@H](C[C@@]4(C)[C@@H]5CC[C@H]6C(C)(C)OC(=O)C=C[C@]67C[C@@]5(CC[C@]34C)OO7)O2)OC1=O. The first-order valence-corrected chi connectivity index (χ1v) is 14.5. The molecule has 3 aliphatic carbocycles. The van der Waals surface area contributed by atoms with E-state index in [1.54, 1.807) is 6.08 Å². The number of hydrogen-bond donors (Lipinski definition) is 0. The van der Waals surface area contributed by atoms with Gasteiger partial charge in [0, 0.05) is 31.3 Å². The maximum Gasteiger partial charge on any atom is 0.331 e. The Morgan fingerprint density at radius 2 is 1.62 bits per heavy atom. The summed E-state index contributed by atoms with van der Waals surface area (Å²) in [6.07, 6.45) is 10.6. The fourth-order valence-electron chi connectivity index (χ4n) is 11.0. The van der Waals surface area contributed by atoms with Gasteiger partial charge in [0.05, 0.1) is 12.0 Å². The molecule has 4 aliphatic heterocycles. The van der Waals surface area contributed by atoms with Gasteiger partial charge in [0.1, 0.15) is 16.8 Å². The van der Waals surface area contributed by atoms with Crippen molar-refractivity contribution < 1.29 is 33.6 Å². The molecule has 204 valence electrons. The van der Waals surface area contributed by atoms with Gasteiger partial charge >= 0.3 is 11.9 Å². The fourth-order valence-corrected chi connectivity index (χ4v) is 11.0. The first kappa shape index (κ1) is 24.6. The lowest BCUT2D eigenvalue weighted by Gasteiger charge is -2.59. The van der Waals surface area contributed by atoms with Gasteiger partial charge in [-0.05, 0) is 80.6 Å². The van der Waals surface area contributed by atoms with Gasteiger partial charge in [0.15, 0.2) is 0 Å². The minimum absolute atomic E-state index is 0.0163. The number of fused-ring (bicyclic) bond motifs is 4. The molecule has 0 unspecified atom stereocenters. The summed E-state index contributed by atoms with van der Waals surface area (Å²) in [4.78, 5) is 37.6. The van der Waals surface area contributed by atoms with Gasteiger partial charge in [0.25, 0.3) is 0 Å². The van der Waals surface area contributed by atoms with E-state index in [-0.39, 0.29) is 46.3 Å². The van der Waals surface area contributed by atoms with E-state index in [0.717, 1.165) is 44.9 Å². The normalized spacial score (nSPS) is 57.5. The van der Waals surface area contributed by atoms with E-state index in [1.165, 1.54) is 0 Å². The molecule has 0 amide bonds. The fraction of sp³-hybridized carbons (Fsp3) is 0.867. The maximum atomic E-state index is 12.4. The van der Waals surface area contributed by atoms with E-state index in [2.05, 4.69) is 20.8 Å². The van der Waals surface area contributed by atoms with Crippen LogP contribution in [0.5, 0.6) is 0 Å². The van der Waals surface area contributed by atoms with Crippen molar-refractivity contribution in [3.8, 4) is 0 Å². The van der Waals surface area contributed by atoms with E-state index >= 15 is 0 Å². The minimum Gasteiger partial charge on any atom is -0.456 e. The zero-order chi connectivity index (χ0) is 26.2. The Kier molecular flexibility index (Phi) is 4.78. The average molecular weight is 515 g/mol. The molecule has 0 radical (unpaired) electrons. The molecule has 0 aromatic carbocycles. The third-order valence-corrected chi connectivity index (χ3v) is 12.4. The molecule has 7 rings (SSSR count). The van der Waals surface area contributed by atoms with Gasteiger partial charge in [-0.25, -0.2) is 14.6 Å². The highest BCUT2D eigenvalue weighted by molar-refractivity contribution is 5.83. The molecule has 7 heteroatoms. The number of rotatable bonds is 0. The van der Waals surface area contributed by atoms with Crippen LogP contribution in [-0.2, 0) is 33.6 Å². The molecule has 3 spiro atoms. The lowest BCUT2D eigenvalue weighted by Crippen LogP contribution is -2.58. The van der Waals surface area contributed by atoms with Crippen molar-refractivity contribution in [1.82, 2.24) is 0 Å². The van der Waals surface area contributed by atoms with Gasteiger partial charge in [-0.15, -0.1) is 0 Å². The van der Waals surface area contributed by atoms with Crippen LogP contribution in [0, 0.1) is 40.4 Å². The Bertz CT molecular complexity index is 1080. The minimum atomic E-state index is -0.763. The Morgan fingerprint density at radius 3 is 2.35 bits per heavy atom. The topological polar surface area (TPSA) is 80.3 Å². The number of carbonyl (C=O) groups excluding carboxylic acids is 2. The summed E-state index contributed by atoms with van der Waals surface area (Å²) in [7, 11) is 0. The van der Waals surface area contributed by atoms with Crippen molar-refractivity contribution in [1.29, 1.82) is 0 Å². The molecule has 3 saturated heterocycles. The highest BCUT2D eigenvalue weighted by Crippen LogP contribution is 2.75. The second-order valence-electron chi connectivity index (χ2n) is 14.7. The molecule has 3 saturated carbocycles. The summed E-state index contributed by atoms with van der Waals surface area (Å²) in [5, 5.41) is 0. The Labute approximate surface area is 219 Å². The van der Waals surface area contributed by atoms with Crippen molar-refractivity contribution >= 4 is 11.9 Å². The van der Waals surface area contributed by atoms with Crippen molar-refractivity contribution in [3.05, 3.63) is 12.2 Å². The van der Waals surface area contributed by atoms with Gasteiger partial charge < -0.3 is 14.2 Å². The third kappa shape index (κ3) is 3.00. The van der Waals surface area contributed by atoms with Gasteiger partial charge in [-0.1, -0.05) is 27.7 Å². The van der Waals surface area contributed by atoms with Gasteiger partial charge in [0.2, 0.25) is 5.79 Å². The van der Waals surface area contributed by atoms with Crippen molar-refractivity contribution in [3.63, 3.8) is 0 Å². The highest BCUT2D eigenvalue weighted by Gasteiger charge is 2.75. The third-order valence-electron chi connectivity index (χ3n) is 12.4. The summed E-state index contributed by atoms with van der Waals surface area (Å²) >= 11 is 0. The molecule has 37 heavy (non-hydrogen) atoms. The van der Waals surface area contributed by atoms with Crippen molar-refractivity contribution in [2.24, 2.45) is 40.4 Å². The quantitative estimate of drug-likeness (QED) is 0.322. The van der Waals surface area contributed by atoms with E-state index in [4.69, 9.17) is 24.0 Å². The largest absolute Gasteiger partial charge is 0.456 e. The van der Waals surface area contributed by atoms with Crippen LogP contribution in [0.1, 0.15) is 92.9 Å². The predicted octanol–water partition coefficient (Wildman–Crippen LogP) is 5.26. The van der Waals surface area contributed by atoms with Crippen molar-refractivity contribution in [2.75, 3.05) is 0 Å². The summed E-state index contributed by atoms with van der Waals surface area (Å²) in [5.74, 6) is -0.170. The lowest BCUT2D eigenvalue weighted by molar-refractivity contribution is -0.384. The Hall–Kier alpha value is -1.44. The van der Waals surface area contributed by atoms with Gasteiger partial charge in [-0.3, -0.25) is 4.79 Å². The van der Waals surface area contributed by atoms with Crippen LogP contribution in [0.3, 0.4) is 0 Å². The Balaban J connectivity index is 1.26. The molecule has 4 heterocycles. The molecule has 6 fully saturated rings. The highest BCUT2D eigenvalue weighted by atomic mass is 17.2. The van der Waals surface area contributed by atoms with E-state index < -0.39 is 17.0 Å². The number of esters is 2. The number of ether oxygens (including phenoxy) is 3. The van der Waals surface area contributed by atoms with E-state index in [0.29, 0.717) is 24.2 Å². The predicted molar refractivity (Wildman–Crippen MR) is 133 cm³/mol. The van der Waals surface area contributed by atoms with E-state index in [9.17, 15) is 9.59 Å². The molecule has 11 atom stereocenters. The molecule has 7 aliphatic rings. The zero-order valence-corrected chi connectivity index (χ0v) is 23.1. The maximum absolute atomic E-state index is 12.4. The number of carbonyl (C=O) groups is 2. The van der Waals surface area contributed by atoms with Crippen LogP contribution in [0.2, 0.25) is 0 Å². The van der Waals surface area contributed by atoms with Crippen LogP contribution >= 0.6 is 0 Å². The van der Waals surface area contributed by atoms with Crippen LogP contribution in [0.25, 0.3) is 0 Å². The van der Waals surface area contributed by atoms with E-state index in [1.807, 2.05) is 26.8 Å². The molecule has 2 bridgehead atoms. The molecule has 7 nitrogen and oxygen atoms in total. The summed E-state index contributed by atoms with van der Waals surface area (Å²) in [5.41, 5.74) is -1.62. The lowest BCUT2D eigenvalue weighted by atomic mass is 9.46. The van der Waals surface area contributed by atoms with Crippen LogP contribution in [0.15, 0.2) is 12.2 Å².